The van der Waals surface area contributed by atoms with E-state index in [-0.39, 0.29) is 12.9 Å². The average molecular weight is 209 g/mol. The van der Waals surface area contributed by atoms with Gasteiger partial charge in [0.25, 0.3) is 6.29 Å². The van der Waals surface area contributed by atoms with Gasteiger partial charge in [-0.05, 0) is 26.7 Å². The third-order valence-electron chi connectivity index (χ3n) is 1.78. The van der Waals surface area contributed by atoms with Gasteiger partial charge in [0.1, 0.15) is 6.16 Å². The van der Waals surface area contributed by atoms with Crippen molar-refractivity contribution in [1.82, 2.24) is 0 Å². The highest BCUT2D eigenvalue weighted by Gasteiger charge is 2.57. The number of aliphatic hydroxyl groups is 1. The molecule has 1 aliphatic rings. The van der Waals surface area contributed by atoms with Gasteiger partial charge in [-0.3, -0.25) is 0 Å². The Morgan fingerprint density at radius 2 is 2.08 bits per heavy atom. The van der Waals surface area contributed by atoms with E-state index in [9.17, 15) is 0 Å². The van der Waals surface area contributed by atoms with Gasteiger partial charge in [-0.25, -0.2) is 0 Å². The van der Waals surface area contributed by atoms with E-state index < -0.39 is 7.94 Å². The summed E-state index contributed by atoms with van der Waals surface area (Å²) in [4.78, 5) is 0. The van der Waals surface area contributed by atoms with Crippen molar-refractivity contribution >= 4 is 7.94 Å². The molecule has 0 saturated carbocycles. The predicted octanol–water partition coefficient (Wildman–Crippen LogP) is 1.95. The molecule has 0 spiro atoms. The molecule has 0 aliphatic carbocycles. The molecule has 0 atom stereocenters. The van der Waals surface area contributed by atoms with Crippen LogP contribution >= 0.6 is 7.94 Å². The molecule has 1 N–H and O–H groups in total. The second kappa shape index (κ2) is 5.23. The van der Waals surface area contributed by atoms with Crippen molar-refractivity contribution in [1.29, 1.82) is 0 Å². The van der Waals surface area contributed by atoms with Gasteiger partial charge in [-0.15, -0.1) is 9.05 Å². The Morgan fingerprint density at radius 1 is 1.38 bits per heavy atom. The zero-order valence-corrected chi connectivity index (χ0v) is 9.13. The van der Waals surface area contributed by atoms with Crippen LogP contribution in [0.5, 0.6) is 0 Å². The smallest absolute Gasteiger partial charge is 0.396 e. The third-order valence-corrected chi connectivity index (χ3v) is 4.54. The molecule has 13 heavy (non-hydrogen) atoms. The number of hydrogen-bond donors (Lipinski definition) is 1. The van der Waals surface area contributed by atoms with Crippen LogP contribution in [0.3, 0.4) is 0 Å². The standard InChI is InChI=1S/C8H18O4P/c1-3-10-13(7-5-4-6-9)11-8(2)12-13/h8-9H,3-7H2,1-2H3/q+1. The second-order valence-corrected chi connectivity index (χ2v) is 5.31. The van der Waals surface area contributed by atoms with Crippen molar-refractivity contribution in [3.8, 4) is 0 Å². The van der Waals surface area contributed by atoms with Crippen LogP contribution < -0.4 is 0 Å². The highest BCUT2D eigenvalue weighted by atomic mass is 31.2. The molecule has 0 aromatic heterocycles. The van der Waals surface area contributed by atoms with E-state index >= 15 is 0 Å². The molecule has 1 fully saturated rings. The first-order valence-electron chi connectivity index (χ1n) is 4.72. The van der Waals surface area contributed by atoms with Crippen molar-refractivity contribution in [2.45, 2.75) is 33.0 Å². The van der Waals surface area contributed by atoms with Gasteiger partial charge >= 0.3 is 7.94 Å². The van der Waals surface area contributed by atoms with Crippen LogP contribution in [0.2, 0.25) is 0 Å². The van der Waals surface area contributed by atoms with E-state index in [0.29, 0.717) is 6.61 Å². The number of aliphatic hydroxyl groups excluding tert-OH is 1. The van der Waals surface area contributed by atoms with Crippen molar-refractivity contribution in [2.75, 3.05) is 19.4 Å². The minimum Gasteiger partial charge on any atom is -0.396 e. The lowest BCUT2D eigenvalue weighted by atomic mass is 10.4. The Labute approximate surface area is 79.8 Å². The molecule has 1 aliphatic heterocycles. The Morgan fingerprint density at radius 3 is 2.54 bits per heavy atom. The topological polar surface area (TPSA) is 47.9 Å². The van der Waals surface area contributed by atoms with Crippen LogP contribution in [-0.2, 0) is 13.6 Å². The molecule has 1 rings (SSSR count). The molecule has 5 heteroatoms. The molecule has 1 saturated heterocycles. The molecule has 0 aromatic rings. The fraction of sp³-hybridized carbons (Fsp3) is 1.00. The van der Waals surface area contributed by atoms with E-state index in [4.69, 9.17) is 18.7 Å². The summed E-state index contributed by atoms with van der Waals surface area (Å²) in [6, 6.07) is 0. The summed E-state index contributed by atoms with van der Waals surface area (Å²) in [6.07, 6.45) is 2.37. The van der Waals surface area contributed by atoms with Gasteiger partial charge in [0.05, 0.1) is 6.61 Å². The maximum Gasteiger partial charge on any atom is 0.416 e. The van der Waals surface area contributed by atoms with Gasteiger partial charge in [0, 0.05) is 6.61 Å². The van der Waals surface area contributed by atoms with Gasteiger partial charge in [-0.2, -0.15) is 4.52 Å². The van der Waals surface area contributed by atoms with Crippen LogP contribution in [0.4, 0.5) is 0 Å². The van der Waals surface area contributed by atoms with Crippen LogP contribution in [0.1, 0.15) is 26.7 Å². The summed E-state index contributed by atoms with van der Waals surface area (Å²) in [5, 5.41) is 8.63. The van der Waals surface area contributed by atoms with Crippen molar-refractivity contribution in [3.05, 3.63) is 0 Å². The number of hydrogen-bond acceptors (Lipinski definition) is 4. The maximum absolute atomic E-state index is 8.63. The molecular weight excluding hydrogens is 191 g/mol. The van der Waals surface area contributed by atoms with Crippen LogP contribution in [0.25, 0.3) is 0 Å². The van der Waals surface area contributed by atoms with Crippen molar-refractivity contribution in [3.63, 3.8) is 0 Å². The second-order valence-electron chi connectivity index (χ2n) is 2.96. The first-order chi connectivity index (χ1) is 6.22. The predicted molar refractivity (Wildman–Crippen MR) is 51.4 cm³/mol. The Balaban J connectivity index is 2.23. The molecule has 0 amide bonds. The van der Waals surface area contributed by atoms with Gasteiger partial charge in [0.2, 0.25) is 0 Å². The van der Waals surface area contributed by atoms with Crippen molar-refractivity contribution in [2.24, 2.45) is 0 Å². The molecular formula is C8H18O4P+. The Bertz CT molecular complexity index is 142. The quantitative estimate of drug-likeness (QED) is 0.536. The van der Waals surface area contributed by atoms with Crippen molar-refractivity contribution < 1.29 is 18.7 Å². The Kier molecular flexibility index (Phi) is 4.56. The Hall–Kier alpha value is 0.270. The normalized spacial score (nSPS) is 33.0. The van der Waals surface area contributed by atoms with Gasteiger partial charge < -0.3 is 5.11 Å². The molecule has 0 unspecified atom stereocenters. The van der Waals surface area contributed by atoms with E-state index in [0.717, 1.165) is 19.0 Å². The molecule has 0 bridgehead atoms. The van der Waals surface area contributed by atoms with Crippen LogP contribution in [-0.4, -0.2) is 30.8 Å². The first-order valence-corrected chi connectivity index (χ1v) is 6.45. The zero-order chi connectivity index (χ0) is 9.73. The average Bonchev–Trinajstić information content (AvgIpc) is 2.03. The number of unbranched alkanes of at least 4 members (excludes halogenated alkanes) is 1. The van der Waals surface area contributed by atoms with E-state index in [1.165, 1.54) is 0 Å². The molecule has 4 nitrogen and oxygen atoms in total. The maximum atomic E-state index is 8.63. The highest BCUT2D eigenvalue weighted by Crippen LogP contribution is 2.71. The summed E-state index contributed by atoms with van der Waals surface area (Å²) in [5.41, 5.74) is 0. The molecule has 0 aromatic carbocycles. The zero-order valence-electron chi connectivity index (χ0n) is 8.23. The lowest BCUT2D eigenvalue weighted by molar-refractivity contribution is -0.104. The molecule has 1 heterocycles. The fourth-order valence-corrected chi connectivity index (χ4v) is 3.69. The van der Waals surface area contributed by atoms with E-state index in [1.807, 2.05) is 13.8 Å². The SMILES string of the molecule is CCO[P+]1(CCCCO)OC(C)O1. The highest BCUT2D eigenvalue weighted by molar-refractivity contribution is 7.62. The summed E-state index contributed by atoms with van der Waals surface area (Å²) < 4.78 is 16.5. The number of rotatable bonds is 6. The fourth-order valence-electron chi connectivity index (χ4n) is 1.31. The lowest BCUT2D eigenvalue weighted by Crippen LogP contribution is -2.30. The first kappa shape index (κ1) is 11.3. The third kappa shape index (κ3) is 3.15. The van der Waals surface area contributed by atoms with Gasteiger partial charge in [0.15, 0.2) is 0 Å². The van der Waals surface area contributed by atoms with Gasteiger partial charge in [-0.1, -0.05) is 0 Å². The summed E-state index contributed by atoms with van der Waals surface area (Å²) in [6.45, 7) is 4.65. The van der Waals surface area contributed by atoms with Crippen LogP contribution in [0.15, 0.2) is 0 Å². The molecule has 78 valence electrons. The summed E-state index contributed by atoms with van der Waals surface area (Å²) in [5.74, 6) is 0. The minimum atomic E-state index is -1.97. The molecule has 0 radical (unpaired) electrons. The monoisotopic (exact) mass is 209 g/mol. The van der Waals surface area contributed by atoms with E-state index in [1.54, 1.807) is 0 Å². The summed E-state index contributed by atoms with van der Waals surface area (Å²) in [7, 11) is -1.97. The van der Waals surface area contributed by atoms with E-state index in [2.05, 4.69) is 0 Å². The minimum absolute atomic E-state index is 0.117. The van der Waals surface area contributed by atoms with Crippen LogP contribution in [0, 0.1) is 0 Å². The lowest BCUT2D eigenvalue weighted by Gasteiger charge is -2.32. The summed E-state index contributed by atoms with van der Waals surface area (Å²) >= 11 is 0. The largest absolute Gasteiger partial charge is 0.416 e.